The lowest BCUT2D eigenvalue weighted by molar-refractivity contribution is -0.122. The van der Waals surface area contributed by atoms with Gasteiger partial charge >= 0.3 is 0 Å². The molecule has 2 fully saturated rings. The summed E-state index contributed by atoms with van der Waals surface area (Å²) in [6.45, 7) is 8.57. The third-order valence-electron chi connectivity index (χ3n) is 6.26. The van der Waals surface area contributed by atoms with E-state index in [0.29, 0.717) is 31.0 Å². The summed E-state index contributed by atoms with van der Waals surface area (Å²) in [5.41, 5.74) is 1.56. The van der Waals surface area contributed by atoms with Crippen molar-refractivity contribution in [2.24, 2.45) is 5.92 Å². The molecule has 4 rings (SSSR count). The highest BCUT2D eigenvalue weighted by atomic mass is 16.5. The van der Waals surface area contributed by atoms with Gasteiger partial charge < -0.3 is 25.0 Å². The highest BCUT2D eigenvalue weighted by molar-refractivity contribution is 6.07. The molecule has 0 unspecified atom stereocenters. The first-order valence-electron chi connectivity index (χ1n) is 12.5. The second-order valence-corrected chi connectivity index (χ2v) is 9.31. The second kappa shape index (κ2) is 12.0. The standard InChI is InChI=1S/C27H34N4O5/c1-19(2)36-22-9-7-21(8-10-22)31-18-20(17-25(31)32)26(33)29-24-6-4-3-5-23(24)27(34)28-11-12-30-13-15-35-16-14-30/h3-10,19-20H,11-18H2,1-2H3,(H,28,34)(H,29,33)/t20-/m1/s1. The highest BCUT2D eigenvalue weighted by Gasteiger charge is 2.35. The van der Waals surface area contributed by atoms with E-state index in [4.69, 9.17) is 9.47 Å². The Bertz CT molecular complexity index is 1070. The van der Waals surface area contributed by atoms with Crippen molar-refractivity contribution in [2.45, 2.75) is 26.4 Å². The maximum atomic E-state index is 13.0. The summed E-state index contributed by atoms with van der Waals surface area (Å²) in [5.74, 6) is -0.413. The Balaban J connectivity index is 1.33. The molecule has 2 aliphatic rings. The highest BCUT2D eigenvalue weighted by Crippen LogP contribution is 2.28. The Kier molecular flexibility index (Phi) is 8.56. The molecule has 9 nitrogen and oxygen atoms in total. The fraction of sp³-hybridized carbons (Fsp3) is 0.444. The van der Waals surface area contributed by atoms with Crippen LogP contribution in [0.2, 0.25) is 0 Å². The number of amides is 3. The van der Waals surface area contributed by atoms with Crippen LogP contribution in [0.1, 0.15) is 30.6 Å². The zero-order valence-corrected chi connectivity index (χ0v) is 20.9. The van der Waals surface area contributed by atoms with E-state index in [9.17, 15) is 14.4 Å². The number of para-hydroxylation sites is 1. The number of morpholine rings is 1. The van der Waals surface area contributed by atoms with Gasteiger partial charge in [-0.2, -0.15) is 0 Å². The molecule has 1 atom stereocenters. The minimum absolute atomic E-state index is 0.0621. The van der Waals surface area contributed by atoms with Crippen LogP contribution >= 0.6 is 0 Å². The molecule has 2 aliphatic heterocycles. The first kappa shape index (κ1) is 25.7. The van der Waals surface area contributed by atoms with E-state index in [1.807, 2.05) is 38.1 Å². The smallest absolute Gasteiger partial charge is 0.253 e. The molecule has 0 saturated carbocycles. The van der Waals surface area contributed by atoms with Crippen molar-refractivity contribution in [3.63, 3.8) is 0 Å². The first-order chi connectivity index (χ1) is 17.4. The Morgan fingerprint density at radius 1 is 1.08 bits per heavy atom. The van der Waals surface area contributed by atoms with Gasteiger partial charge in [0.25, 0.3) is 5.91 Å². The largest absolute Gasteiger partial charge is 0.491 e. The van der Waals surface area contributed by atoms with E-state index in [0.717, 1.165) is 31.1 Å². The van der Waals surface area contributed by atoms with Crippen molar-refractivity contribution in [3.8, 4) is 5.75 Å². The third-order valence-corrected chi connectivity index (χ3v) is 6.26. The van der Waals surface area contributed by atoms with Gasteiger partial charge in [-0.1, -0.05) is 12.1 Å². The van der Waals surface area contributed by atoms with Gasteiger partial charge in [0.2, 0.25) is 11.8 Å². The van der Waals surface area contributed by atoms with Crippen LogP contribution in [-0.2, 0) is 14.3 Å². The molecule has 2 N–H and O–H groups in total. The monoisotopic (exact) mass is 494 g/mol. The van der Waals surface area contributed by atoms with Crippen molar-refractivity contribution >= 4 is 29.1 Å². The summed E-state index contributed by atoms with van der Waals surface area (Å²) in [7, 11) is 0. The van der Waals surface area contributed by atoms with Gasteiger partial charge in [-0.05, 0) is 50.2 Å². The van der Waals surface area contributed by atoms with Crippen molar-refractivity contribution < 1.29 is 23.9 Å². The van der Waals surface area contributed by atoms with Crippen LogP contribution in [0.4, 0.5) is 11.4 Å². The summed E-state index contributed by atoms with van der Waals surface area (Å²) in [5, 5.41) is 5.81. The SMILES string of the molecule is CC(C)Oc1ccc(N2C[C@H](C(=O)Nc3ccccc3C(=O)NCCN3CCOCC3)CC2=O)cc1. The molecule has 2 aromatic carbocycles. The number of carbonyl (C=O) groups excluding carboxylic acids is 3. The molecule has 3 amide bonds. The minimum Gasteiger partial charge on any atom is -0.491 e. The van der Waals surface area contributed by atoms with Crippen LogP contribution in [0.15, 0.2) is 48.5 Å². The fourth-order valence-electron chi connectivity index (χ4n) is 4.38. The molecule has 0 aliphatic carbocycles. The minimum atomic E-state index is -0.512. The lowest BCUT2D eigenvalue weighted by atomic mass is 10.1. The third kappa shape index (κ3) is 6.61. The molecule has 0 bridgehead atoms. The Morgan fingerprint density at radius 2 is 1.81 bits per heavy atom. The van der Waals surface area contributed by atoms with Crippen molar-refractivity contribution in [1.82, 2.24) is 10.2 Å². The van der Waals surface area contributed by atoms with Crippen molar-refractivity contribution in [1.29, 1.82) is 0 Å². The number of nitrogens with one attached hydrogen (secondary N) is 2. The van der Waals surface area contributed by atoms with Crippen LogP contribution in [0.25, 0.3) is 0 Å². The number of anilines is 2. The summed E-state index contributed by atoms with van der Waals surface area (Å²) >= 11 is 0. The van der Waals surface area contributed by atoms with Crippen LogP contribution in [0.3, 0.4) is 0 Å². The van der Waals surface area contributed by atoms with E-state index in [-0.39, 0.29) is 36.8 Å². The molecule has 2 aromatic rings. The predicted molar refractivity (Wildman–Crippen MR) is 137 cm³/mol. The number of hydrogen-bond acceptors (Lipinski definition) is 6. The fourth-order valence-corrected chi connectivity index (χ4v) is 4.38. The van der Waals surface area contributed by atoms with Gasteiger partial charge in [-0.3, -0.25) is 19.3 Å². The topological polar surface area (TPSA) is 100 Å². The number of hydrogen-bond donors (Lipinski definition) is 2. The van der Waals surface area contributed by atoms with Crippen LogP contribution < -0.4 is 20.3 Å². The molecule has 2 saturated heterocycles. The Morgan fingerprint density at radius 3 is 2.53 bits per heavy atom. The number of benzene rings is 2. The van der Waals surface area contributed by atoms with E-state index in [1.165, 1.54) is 0 Å². The predicted octanol–water partition coefficient (Wildman–Crippen LogP) is 2.53. The van der Waals surface area contributed by atoms with Crippen LogP contribution in [-0.4, -0.2) is 74.7 Å². The summed E-state index contributed by atoms with van der Waals surface area (Å²) < 4.78 is 11.0. The molecule has 2 heterocycles. The summed E-state index contributed by atoms with van der Waals surface area (Å²) in [4.78, 5) is 42.4. The number of nitrogens with zero attached hydrogens (tertiary/aromatic N) is 2. The number of rotatable bonds is 9. The molecule has 0 spiro atoms. The molecule has 192 valence electrons. The number of carbonyl (C=O) groups is 3. The summed E-state index contributed by atoms with van der Waals surface area (Å²) in [6.07, 6.45) is 0.177. The molecule has 0 radical (unpaired) electrons. The van der Waals surface area contributed by atoms with E-state index in [1.54, 1.807) is 29.2 Å². The lowest BCUT2D eigenvalue weighted by Crippen LogP contribution is -2.41. The molecule has 0 aromatic heterocycles. The van der Waals surface area contributed by atoms with Crippen LogP contribution in [0.5, 0.6) is 5.75 Å². The zero-order chi connectivity index (χ0) is 25.5. The quantitative estimate of drug-likeness (QED) is 0.556. The maximum absolute atomic E-state index is 13.0. The van der Waals surface area contributed by atoms with Crippen molar-refractivity contribution in [3.05, 3.63) is 54.1 Å². The maximum Gasteiger partial charge on any atom is 0.253 e. The van der Waals surface area contributed by atoms with Crippen molar-refractivity contribution in [2.75, 3.05) is 56.2 Å². The van der Waals surface area contributed by atoms with Gasteiger partial charge in [0.15, 0.2) is 0 Å². The lowest BCUT2D eigenvalue weighted by Gasteiger charge is -2.26. The van der Waals surface area contributed by atoms with Gasteiger partial charge in [-0.15, -0.1) is 0 Å². The molecular weight excluding hydrogens is 460 g/mol. The van der Waals surface area contributed by atoms with Gasteiger partial charge in [-0.25, -0.2) is 0 Å². The van der Waals surface area contributed by atoms with Gasteiger partial charge in [0.1, 0.15) is 5.75 Å². The molecule has 36 heavy (non-hydrogen) atoms. The van der Waals surface area contributed by atoms with E-state index in [2.05, 4.69) is 15.5 Å². The number of ether oxygens (including phenoxy) is 2. The summed E-state index contributed by atoms with van der Waals surface area (Å²) in [6, 6.07) is 14.2. The molecular formula is C27H34N4O5. The average molecular weight is 495 g/mol. The van der Waals surface area contributed by atoms with Gasteiger partial charge in [0.05, 0.1) is 36.5 Å². The van der Waals surface area contributed by atoms with Gasteiger partial charge in [0, 0.05) is 44.8 Å². The van der Waals surface area contributed by atoms with E-state index < -0.39 is 5.92 Å². The average Bonchev–Trinajstić information content (AvgIpc) is 3.27. The molecule has 9 heteroatoms. The van der Waals surface area contributed by atoms with Crippen LogP contribution in [0, 0.1) is 5.92 Å². The second-order valence-electron chi connectivity index (χ2n) is 9.31. The Hall–Kier alpha value is -3.43. The normalized spacial score (nSPS) is 18.4. The first-order valence-corrected chi connectivity index (χ1v) is 12.5. The zero-order valence-electron chi connectivity index (χ0n) is 20.9. The Labute approximate surface area is 211 Å². The van der Waals surface area contributed by atoms with E-state index >= 15 is 0 Å².